The Morgan fingerprint density at radius 3 is 2.39 bits per heavy atom. The van der Waals surface area contributed by atoms with Crippen LogP contribution >= 0.6 is 0 Å². The number of nitrogens with one attached hydrogen (secondary N) is 1. The summed E-state index contributed by atoms with van der Waals surface area (Å²) >= 11 is 0. The van der Waals surface area contributed by atoms with Crippen molar-refractivity contribution < 1.29 is 27.0 Å². The lowest BCUT2D eigenvalue weighted by molar-refractivity contribution is 0.0595. The maximum absolute atomic E-state index is 12.5. The summed E-state index contributed by atoms with van der Waals surface area (Å²) in [6.45, 7) is 0.295. The average Bonchev–Trinajstić information content (AvgIpc) is 2.86. The standard InChI is InChI=1S/C25H23NO6S/c1-30-25(27)22-16-21-19(15-24(22)31-17-18-9-4-2-5-10-18)11-8-14-23(21)26-32-33(28,29)20-12-6-3-7-13-20/h2-7,9-10,12-16,26H,8,11,17H2,1H3. The van der Waals surface area contributed by atoms with Crippen LogP contribution in [-0.2, 0) is 32.2 Å². The molecule has 0 radical (unpaired) electrons. The van der Waals surface area contributed by atoms with Crippen molar-refractivity contribution in [3.05, 3.63) is 101 Å². The zero-order valence-corrected chi connectivity index (χ0v) is 18.8. The number of rotatable bonds is 8. The molecule has 0 aliphatic heterocycles. The summed E-state index contributed by atoms with van der Waals surface area (Å²) in [6, 6.07) is 20.9. The van der Waals surface area contributed by atoms with E-state index in [1.165, 1.54) is 19.2 Å². The molecule has 33 heavy (non-hydrogen) atoms. The van der Waals surface area contributed by atoms with Gasteiger partial charge in [-0.25, -0.2) is 10.3 Å². The Labute approximate surface area is 192 Å². The molecule has 1 aliphatic rings. The van der Waals surface area contributed by atoms with Gasteiger partial charge in [-0.1, -0.05) is 54.6 Å². The lowest BCUT2D eigenvalue weighted by Gasteiger charge is -2.21. The number of allylic oxidation sites excluding steroid dienone is 1. The third-order valence-corrected chi connectivity index (χ3v) is 6.35. The Morgan fingerprint density at radius 1 is 1.00 bits per heavy atom. The van der Waals surface area contributed by atoms with Gasteiger partial charge >= 0.3 is 16.1 Å². The predicted octanol–water partition coefficient (Wildman–Crippen LogP) is 4.25. The lowest BCUT2D eigenvalue weighted by Crippen LogP contribution is -2.22. The fourth-order valence-electron chi connectivity index (χ4n) is 3.52. The number of hydroxylamine groups is 1. The Bertz CT molecular complexity index is 1270. The van der Waals surface area contributed by atoms with Crippen LogP contribution in [0.15, 0.2) is 83.8 Å². The number of carbonyl (C=O) groups excluding carboxylic acids is 1. The molecule has 0 unspecified atom stereocenters. The van der Waals surface area contributed by atoms with E-state index in [1.807, 2.05) is 36.4 Å². The van der Waals surface area contributed by atoms with Crippen LogP contribution in [0.5, 0.6) is 5.75 Å². The van der Waals surface area contributed by atoms with Gasteiger partial charge < -0.3 is 9.47 Å². The van der Waals surface area contributed by atoms with E-state index in [-0.39, 0.29) is 10.5 Å². The van der Waals surface area contributed by atoms with E-state index in [2.05, 4.69) is 5.48 Å². The summed E-state index contributed by atoms with van der Waals surface area (Å²) in [4.78, 5) is 12.5. The van der Waals surface area contributed by atoms with Gasteiger partial charge in [-0.15, -0.1) is 4.28 Å². The summed E-state index contributed by atoms with van der Waals surface area (Å²) < 4.78 is 40.9. The van der Waals surface area contributed by atoms with E-state index in [9.17, 15) is 13.2 Å². The quantitative estimate of drug-likeness (QED) is 0.393. The first-order valence-electron chi connectivity index (χ1n) is 10.3. The Hall–Kier alpha value is -3.62. The Balaban J connectivity index is 1.59. The second-order valence-electron chi connectivity index (χ2n) is 7.38. The molecule has 4 rings (SSSR count). The van der Waals surface area contributed by atoms with Crippen LogP contribution in [0.3, 0.4) is 0 Å². The van der Waals surface area contributed by atoms with Crippen molar-refractivity contribution in [1.29, 1.82) is 0 Å². The highest BCUT2D eigenvalue weighted by molar-refractivity contribution is 7.86. The summed E-state index contributed by atoms with van der Waals surface area (Å²) in [5.74, 6) is -0.146. The van der Waals surface area contributed by atoms with Crippen LogP contribution in [0.4, 0.5) is 0 Å². The first kappa shape index (κ1) is 22.6. The highest BCUT2D eigenvalue weighted by Gasteiger charge is 2.23. The number of hydrogen-bond donors (Lipinski definition) is 1. The second-order valence-corrected chi connectivity index (χ2v) is 8.93. The molecule has 1 aliphatic carbocycles. The fourth-order valence-corrected chi connectivity index (χ4v) is 4.30. The van der Waals surface area contributed by atoms with Crippen molar-refractivity contribution in [2.75, 3.05) is 7.11 Å². The first-order valence-corrected chi connectivity index (χ1v) is 11.8. The van der Waals surface area contributed by atoms with Crippen molar-refractivity contribution in [1.82, 2.24) is 5.48 Å². The van der Waals surface area contributed by atoms with Gasteiger partial charge in [0.2, 0.25) is 0 Å². The smallest absolute Gasteiger partial charge is 0.341 e. The van der Waals surface area contributed by atoms with Gasteiger partial charge in [0.25, 0.3) is 0 Å². The number of aryl methyl sites for hydroxylation is 1. The molecule has 0 saturated heterocycles. The van der Waals surface area contributed by atoms with Crippen molar-refractivity contribution in [2.45, 2.75) is 24.3 Å². The zero-order chi connectivity index (χ0) is 23.3. The van der Waals surface area contributed by atoms with E-state index in [0.29, 0.717) is 36.5 Å². The molecule has 0 fully saturated rings. The van der Waals surface area contributed by atoms with Crippen LogP contribution in [0, 0.1) is 0 Å². The number of fused-ring (bicyclic) bond motifs is 1. The van der Waals surface area contributed by atoms with E-state index >= 15 is 0 Å². The van der Waals surface area contributed by atoms with Crippen molar-refractivity contribution >= 4 is 21.8 Å². The van der Waals surface area contributed by atoms with Gasteiger partial charge in [-0.05, 0) is 48.2 Å². The summed E-state index contributed by atoms with van der Waals surface area (Å²) in [6.07, 6.45) is 3.20. The van der Waals surface area contributed by atoms with Crippen molar-refractivity contribution in [3.63, 3.8) is 0 Å². The van der Waals surface area contributed by atoms with Gasteiger partial charge in [0.15, 0.2) is 0 Å². The number of ether oxygens (including phenoxy) is 2. The predicted molar refractivity (Wildman–Crippen MR) is 123 cm³/mol. The van der Waals surface area contributed by atoms with E-state index in [1.54, 1.807) is 30.3 Å². The van der Waals surface area contributed by atoms with Crippen LogP contribution in [0.25, 0.3) is 5.70 Å². The molecule has 0 amide bonds. The molecular formula is C25H23NO6S. The summed E-state index contributed by atoms with van der Waals surface area (Å²) in [5.41, 5.74) is 5.77. The molecule has 1 N–H and O–H groups in total. The van der Waals surface area contributed by atoms with E-state index in [0.717, 1.165) is 11.1 Å². The average molecular weight is 466 g/mol. The molecule has 0 atom stereocenters. The topological polar surface area (TPSA) is 90.9 Å². The molecule has 8 heteroatoms. The minimum Gasteiger partial charge on any atom is -0.488 e. The molecule has 3 aromatic rings. The van der Waals surface area contributed by atoms with Gasteiger partial charge in [-0.3, -0.25) is 0 Å². The van der Waals surface area contributed by atoms with Gasteiger partial charge in [0, 0.05) is 5.56 Å². The highest BCUT2D eigenvalue weighted by Crippen LogP contribution is 2.33. The maximum atomic E-state index is 12.5. The molecule has 7 nitrogen and oxygen atoms in total. The third-order valence-electron chi connectivity index (χ3n) is 5.19. The normalized spacial score (nSPS) is 12.9. The number of carbonyl (C=O) groups is 1. The van der Waals surface area contributed by atoms with E-state index in [4.69, 9.17) is 13.8 Å². The van der Waals surface area contributed by atoms with Crippen LogP contribution in [0.1, 0.15) is 33.5 Å². The van der Waals surface area contributed by atoms with Crippen LogP contribution in [0.2, 0.25) is 0 Å². The zero-order valence-electron chi connectivity index (χ0n) is 18.0. The molecule has 0 bridgehead atoms. The molecular weight excluding hydrogens is 442 g/mol. The van der Waals surface area contributed by atoms with Crippen molar-refractivity contribution in [3.8, 4) is 5.75 Å². The number of benzene rings is 3. The van der Waals surface area contributed by atoms with Gasteiger partial charge in [0.05, 0.1) is 17.7 Å². The van der Waals surface area contributed by atoms with Crippen molar-refractivity contribution in [2.24, 2.45) is 0 Å². The monoisotopic (exact) mass is 465 g/mol. The maximum Gasteiger partial charge on any atom is 0.341 e. The lowest BCUT2D eigenvalue weighted by atomic mass is 9.92. The van der Waals surface area contributed by atoms with E-state index < -0.39 is 16.1 Å². The minimum absolute atomic E-state index is 0.0362. The minimum atomic E-state index is -4.01. The molecule has 170 valence electrons. The molecule has 0 aromatic heterocycles. The fraction of sp³-hybridized carbons (Fsp3) is 0.160. The third kappa shape index (κ3) is 5.24. The van der Waals surface area contributed by atoms with Gasteiger partial charge in [0.1, 0.15) is 17.9 Å². The number of hydrogen-bond acceptors (Lipinski definition) is 7. The summed E-state index contributed by atoms with van der Waals surface area (Å²) in [5, 5.41) is 0. The Kier molecular flexibility index (Phi) is 6.76. The van der Waals surface area contributed by atoms with Crippen LogP contribution in [-0.4, -0.2) is 21.5 Å². The van der Waals surface area contributed by atoms with Gasteiger partial charge in [-0.2, -0.15) is 8.42 Å². The largest absolute Gasteiger partial charge is 0.488 e. The molecule has 0 spiro atoms. The molecule has 3 aromatic carbocycles. The van der Waals surface area contributed by atoms with Crippen LogP contribution < -0.4 is 10.2 Å². The SMILES string of the molecule is COC(=O)c1cc2c(cc1OCc1ccccc1)CCC=C2NOS(=O)(=O)c1ccccc1. The highest BCUT2D eigenvalue weighted by atomic mass is 32.2. The summed E-state index contributed by atoms with van der Waals surface area (Å²) in [7, 11) is -2.71. The Morgan fingerprint density at radius 2 is 1.70 bits per heavy atom. The first-order chi connectivity index (χ1) is 16.0. The molecule has 0 heterocycles. The molecule has 0 saturated carbocycles. The number of esters is 1. The number of methoxy groups -OCH3 is 1. The second kappa shape index (κ2) is 9.89.